The number of phenolic OH excluding ortho intramolecular Hbond substituents is 1. The molecular weight excluding hydrogens is 1710 g/mol. The number of aliphatic hydroxyl groups excluding tert-OH is 4. The third kappa shape index (κ3) is 18.3. The number of hydrogen-bond donors (Lipinski definition) is 9. The monoisotopic (exact) mass is 1870 g/mol. The maximum atomic E-state index is 14.8. The van der Waals surface area contributed by atoms with Gasteiger partial charge in [-0.1, -0.05) is 103 Å². The molecular formula is C96H157F5IN2O19-. The van der Waals surface area contributed by atoms with Crippen LogP contribution in [0.25, 0.3) is 0 Å². The predicted molar refractivity (Wildman–Crippen MR) is 453 cm³/mol. The minimum absolute atomic E-state index is 0.0267. The zero-order valence-electron chi connectivity index (χ0n) is 80.5. The van der Waals surface area contributed by atoms with Crippen molar-refractivity contribution in [3.63, 3.8) is 0 Å². The maximum absolute atomic E-state index is 14.8. The van der Waals surface area contributed by atoms with E-state index in [0.29, 0.717) is 44.4 Å². The second kappa shape index (κ2) is 35.0. The van der Waals surface area contributed by atoms with Gasteiger partial charge in [0.05, 0.1) is 59.0 Å². The molecule has 2 amide bonds. The number of alkyl halides is 1. The molecule has 28 atom stereocenters. The number of aromatic hydroxyl groups is 1. The van der Waals surface area contributed by atoms with E-state index in [-0.39, 0.29) is 142 Å². The van der Waals surface area contributed by atoms with Crippen LogP contribution < -0.4 is 33.0 Å². The van der Waals surface area contributed by atoms with Gasteiger partial charge in [-0.05, 0) is 298 Å². The number of aliphatic hydroxyl groups is 6. The van der Waals surface area contributed by atoms with Gasteiger partial charge >= 0.3 is 58.0 Å². The molecule has 2 heterocycles. The second-order valence-electron chi connectivity index (χ2n) is 46.5. The first kappa shape index (κ1) is 101. The number of alkyl carbamates (subject to hydrolysis) is 2. The summed E-state index contributed by atoms with van der Waals surface area (Å²) in [7, 11) is 0. The standard InChI is InChI=1S/C52H88N2O11.C30H50O5.C7H14O2.C6HF5O.CH4I/c1-18-29(3)36(53-42(58)64-44(5,6)7)40(56)61-32-26-33-49(16)27-31(55)38(50(17)22-20-35(63-50)47(13,14)60)48(49,15)24-25-51(33)28-52(51)23-21-34(46(11,12)39(32)52)62-41(57)37(30(4)19-2)54-43(59)65-45(8,9)10;1-24(2)20(33)8-11-30-16-29(30)13-12-26(5)23(28(7)10-9-21(35-28)25(3,4)34)18(32)15-27(26,6)19(29)14-17(31)22(24)30;1-5-6(8)9-7(2,3)4;7-1-2(8)4(10)6(12)5(11)3(1)9;1-2/h29-39,55,60H,18-28H2,1-17H3,(H,53,58)(H,54,59);17-23,31-34H,8-16H2,1-7H3;5H2,1-4H3;12H;2H,1H3/q;;;;-1/t29?,30?,31-,32-,33?,34-,35-,36-,37-,38-,39-,48+,49-,50+,51?,52+;17-,18-,19?,20-,21-,22-,23-,26+,27-,28+,29?,30+;;;/m00.../s1/i;;;;2D. The fourth-order valence-electron chi connectivity index (χ4n) is 28.2. The van der Waals surface area contributed by atoms with E-state index in [4.69, 9.17) is 38.9 Å². The van der Waals surface area contributed by atoms with Gasteiger partial charge in [-0.15, -0.1) is 0 Å². The van der Waals surface area contributed by atoms with E-state index < -0.39 is 141 Å². The molecule has 6 unspecified atom stereocenters. The Labute approximate surface area is 744 Å². The molecule has 21 nitrogen and oxygen atoms in total. The molecule has 10 saturated carbocycles. The van der Waals surface area contributed by atoms with Gasteiger partial charge < -0.3 is 79.5 Å². The van der Waals surface area contributed by atoms with Crippen molar-refractivity contribution in [2.24, 2.45) is 101 Å². The van der Waals surface area contributed by atoms with Crippen LogP contribution in [0.4, 0.5) is 31.5 Å². The molecule has 9 N–H and O–H groups in total. The molecule has 0 aromatic heterocycles. The first-order valence-corrected chi connectivity index (χ1v) is 47.9. The van der Waals surface area contributed by atoms with Crippen molar-refractivity contribution < 1.29 is 137 Å². The minimum atomic E-state index is -2.29. The molecule has 2 aliphatic heterocycles. The van der Waals surface area contributed by atoms with Crippen molar-refractivity contribution in [1.82, 2.24) is 10.6 Å². The van der Waals surface area contributed by atoms with E-state index in [1.54, 1.807) is 62.3 Å². The Morgan fingerprint density at radius 2 is 0.862 bits per heavy atom. The van der Waals surface area contributed by atoms with E-state index in [2.05, 4.69) is 79.9 Å². The van der Waals surface area contributed by atoms with E-state index in [1.165, 1.54) is 6.42 Å². The Balaban J connectivity index is 0.000000241. The Hall–Kier alpha value is -3.97. The van der Waals surface area contributed by atoms with Crippen LogP contribution in [0.1, 0.15) is 329 Å². The third-order valence-corrected chi connectivity index (χ3v) is 34.2. The number of esters is 3. The fraction of sp³-hybridized carbons (Fsp3) is 0.885. The number of carbonyl (C=O) groups is 5. The Bertz CT molecular complexity index is 3930. The van der Waals surface area contributed by atoms with Crippen molar-refractivity contribution in [2.45, 2.75) is 429 Å². The number of ether oxygens (including phenoxy) is 7. The molecule has 0 bridgehead atoms. The molecule has 1 aromatic rings. The van der Waals surface area contributed by atoms with Gasteiger partial charge in [0, 0.05) is 29.6 Å². The summed E-state index contributed by atoms with van der Waals surface area (Å²) in [5.74, 6) is -14.3. The predicted octanol–water partition coefficient (Wildman–Crippen LogP) is 14.6. The van der Waals surface area contributed by atoms with Crippen molar-refractivity contribution in [3.05, 3.63) is 29.1 Å². The van der Waals surface area contributed by atoms with Crippen molar-refractivity contribution in [2.75, 3.05) is 4.93 Å². The van der Waals surface area contributed by atoms with Gasteiger partial charge in [0.25, 0.3) is 0 Å². The summed E-state index contributed by atoms with van der Waals surface area (Å²) >= 11 is -0.160. The van der Waals surface area contributed by atoms with E-state index >= 15 is 0 Å². The zero-order chi connectivity index (χ0) is 94.2. The molecule has 10 aliphatic carbocycles. The Morgan fingerprint density at radius 1 is 0.488 bits per heavy atom. The van der Waals surface area contributed by atoms with Gasteiger partial charge in [-0.3, -0.25) is 4.79 Å². The van der Waals surface area contributed by atoms with Crippen LogP contribution in [0.15, 0.2) is 0 Å². The third-order valence-electron chi connectivity index (χ3n) is 34.2. The molecule has 4 spiro atoms. The van der Waals surface area contributed by atoms with Crippen LogP contribution in [-0.2, 0) is 47.5 Å². The first-order valence-electron chi connectivity index (χ1n) is 46.2. The molecule has 27 heteroatoms. The molecule has 2 saturated heterocycles. The van der Waals surface area contributed by atoms with Crippen LogP contribution in [0.5, 0.6) is 5.75 Å². The van der Waals surface area contributed by atoms with Crippen molar-refractivity contribution >= 4 is 30.1 Å². The van der Waals surface area contributed by atoms with Gasteiger partial charge in [0.15, 0.2) is 5.75 Å². The fourth-order valence-corrected chi connectivity index (χ4v) is 28.2. The number of nitrogens with one attached hydrogen (secondary N) is 2. The van der Waals surface area contributed by atoms with Crippen LogP contribution in [-0.4, -0.2) is 171 Å². The quantitative estimate of drug-likeness (QED) is 0.0150. The molecule has 1 aromatic carbocycles. The number of carbonyl (C=O) groups excluding carboxylic acids is 5. The number of benzene rings is 1. The molecule has 12 aliphatic rings. The number of fused-ring (bicyclic) bond motifs is 4. The summed E-state index contributed by atoms with van der Waals surface area (Å²) in [5.41, 5.74) is -6.46. The van der Waals surface area contributed by atoms with Crippen molar-refractivity contribution in [1.29, 1.82) is 0.594 Å². The summed E-state index contributed by atoms with van der Waals surface area (Å²) in [6, 6.07) is -1.88. The summed E-state index contributed by atoms with van der Waals surface area (Å²) in [6.45, 7) is 55.7. The normalized spacial score (nSPS) is 40.7. The van der Waals surface area contributed by atoms with Crippen LogP contribution in [0, 0.1) is 131 Å². The topological polar surface area (TPSA) is 316 Å². The molecule has 12 fully saturated rings. The summed E-state index contributed by atoms with van der Waals surface area (Å²) in [5, 5.41) is 82.4. The second-order valence-corrected chi connectivity index (χ2v) is 46.5. The summed E-state index contributed by atoms with van der Waals surface area (Å²) in [6.07, 6.45) is 12.3. The van der Waals surface area contributed by atoms with Gasteiger partial charge in [-0.2, -0.15) is 8.78 Å². The van der Waals surface area contributed by atoms with E-state index in [0.717, 1.165) is 89.9 Å². The zero-order valence-corrected chi connectivity index (χ0v) is 81.7. The van der Waals surface area contributed by atoms with Crippen molar-refractivity contribution in [3.8, 4) is 5.75 Å². The van der Waals surface area contributed by atoms with Gasteiger partial charge in [0.1, 0.15) is 41.1 Å². The summed E-state index contributed by atoms with van der Waals surface area (Å²) < 4.78 is 110. The van der Waals surface area contributed by atoms with E-state index in [9.17, 15) is 76.6 Å². The number of rotatable bonds is 15. The summed E-state index contributed by atoms with van der Waals surface area (Å²) in [4.78, 5) is 68.0. The number of phenols is 1. The molecule has 123 heavy (non-hydrogen) atoms. The molecule has 13 rings (SSSR count). The number of hydrogen-bond acceptors (Lipinski definition) is 19. The van der Waals surface area contributed by atoms with Crippen LogP contribution in [0.2, 0.25) is 0 Å². The average Bonchev–Trinajstić information content (AvgIpc) is 1.46. The first-order chi connectivity index (χ1) is 56.5. The molecule has 0 radical (unpaired) electrons. The van der Waals surface area contributed by atoms with Crippen LogP contribution >= 0.6 is 0 Å². The van der Waals surface area contributed by atoms with E-state index in [1.807, 2.05) is 67.2 Å². The molecule has 708 valence electrons. The Kier molecular flexibility index (Phi) is 28.8. The number of halogens is 6. The van der Waals surface area contributed by atoms with Gasteiger partial charge in [-0.25, -0.2) is 32.3 Å². The number of amides is 2. The van der Waals surface area contributed by atoms with Crippen LogP contribution in [0.3, 0.4) is 0 Å². The average molecular weight is 1870 g/mol. The Morgan fingerprint density at radius 3 is 1.23 bits per heavy atom. The SMILES string of the molecule is CC(C)(O)[C@@H]1CC[C@](C)([C@H]2[C@@H](O)C[C@@]3(C)C4C[C@H](O)[C@H]5C(C)(C)[C@@H](O)CC[C@@]56CC46CC[C@]23C)O1.CCC(=O)OC(C)(C)C.CCC(C)[C@H](NC(=O)OC(C)(C)C)C(=O)O[C@H]1CC2C3(CC[C@]4(C)[C@@H]([C@@]5(C)CC[C@@H](C(C)(C)O)O5)[C@@H](O)C[C@@]24C)C[C@@]32CC[C@H](OC(=O)[C@@H](NC(=O)OC(C)(C)C)C(C)CC)C(C)(C)[C@H]12.Oc1c(F)c(F)c(F)c(F)c1F.[2H][I-]C. The van der Waals surface area contributed by atoms with Gasteiger partial charge in [0.2, 0.25) is 29.1 Å².